The summed E-state index contributed by atoms with van der Waals surface area (Å²) in [6.45, 7) is 0.287. The first-order chi connectivity index (χ1) is 9.60. The van der Waals surface area contributed by atoms with Gasteiger partial charge < -0.3 is 10.0 Å². The van der Waals surface area contributed by atoms with Gasteiger partial charge in [0.05, 0.1) is 12.1 Å². The van der Waals surface area contributed by atoms with E-state index in [1.54, 1.807) is 12.1 Å². The third kappa shape index (κ3) is 3.20. The van der Waals surface area contributed by atoms with Gasteiger partial charge in [0.2, 0.25) is 6.41 Å². The number of halogens is 1. The molecule has 1 amide bonds. The largest absolute Gasteiger partial charge is 0.478 e. The van der Waals surface area contributed by atoms with Gasteiger partial charge in [0.15, 0.2) is 0 Å². The van der Waals surface area contributed by atoms with E-state index in [4.69, 9.17) is 5.11 Å². The average Bonchev–Trinajstić information content (AvgIpc) is 2.46. The van der Waals surface area contributed by atoms with Crippen LogP contribution in [0.2, 0.25) is 0 Å². The van der Waals surface area contributed by atoms with E-state index in [9.17, 15) is 14.0 Å². The van der Waals surface area contributed by atoms with Crippen LogP contribution in [-0.2, 0) is 11.3 Å². The molecule has 0 unspecified atom stereocenters. The molecule has 0 radical (unpaired) electrons. The summed E-state index contributed by atoms with van der Waals surface area (Å²) in [4.78, 5) is 23.3. The molecule has 0 fully saturated rings. The summed E-state index contributed by atoms with van der Waals surface area (Å²) in [5.74, 6) is -1.37. The highest BCUT2D eigenvalue weighted by molar-refractivity contribution is 5.87. The number of nitrogens with zero attached hydrogens (tertiary/aromatic N) is 1. The van der Waals surface area contributed by atoms with Gasteiger partial charge in [-0.1, -0.05) is 12.1 Å². The maximum atomic E-state index is 12.8. The Hall–Kier alpha value is -2.69. The molecule has 0 bridgehead atoms. The number of rotatable bonds is 5. The molecule has 0 heterocycles. The van der Waals surface area contributed by atoms with Gasteiger partial charge in [0.1, 0.15) is 5.82 Å². The Bertz CT molecular complexity index is 608. The Balaban J connectivity index is 2.15. The number of carbonyl (C=O) groups is 2. The van der Waals surface area contributed by atoms with Gasteiger partial charge in [-0.3, -0.25) is 4.79 Å². The molecule has 0 aromatic heterocycles. The van der Waals surface area contributed by atoms with Gasteiger partial charge in [-0.25, -0.2) is 9.18 Å². The van der Waals surface area contributed by atoms with Gasteiger partial charge in [0.25, 0.3) is 0 Å². The first kappa shape index (κ1) is 13.7. The highest BCUT2D eigenvalue weighted by Gasteiger charge is 2.07. The number of aromatic carboxylic acids is 1. The van der Waals surface area contributed by atoms with Crippen LogP contribution in [0.5, 0.6) is 0 Å². The average molecular weight is 273 g/mol. The minimum atomic E-state index is -0.998. The van der Waals surface area contributed by atoms with Crippen molar-refractivity contribution >= 4 is 18.1 Å². The Morgan fingerprint density at radius 3 is 2.20 bits per heavy atom. The molecule has 2 aromatic rings. The van der Waals surface area contributed by atoms with E-state index in [1.165, 1.54) is 41.3 Å². The summed E-state index contributed by atoms with van der Waals surface area (Å²) in [5, 5.41) is 8.81. The van der Waals surface area contributed by atoms with Crippen molar-refractivity contribution in [2.75, 3.05) is 4.90 Å². The zero-order valence-electron chi connectivity index (χ0n) is 10.5. The van der Waals surface area contributed by atoms with Crippen LogP contribution in [0, 0.1) is 5.82 Å². The lowest BCUT2D eigenvalue weighted by Gasteiger charge is -2.17. The third-order valence-electron chi connectivity index (χ3n) is 2.84. The monoisotopic (exact) mass is 273 g/mol. The molecule has 0 spiro atoms. The van der Waals surface area contributed by atoms with Crippen molar-refractivity contribution in [2.45, 2.75) is 6.54 Å². The molecule has 0 saturated heterocycles. The predicted octanol–water partition coefficient (Wildman–Crippen LogP) is 2.69. The summed E-state index contributed by atoms with van der Waals surface area (Å²) in [5.41, 5.74) is 1.54. The fourth-order valence-electron chi connectivity index (χ4n) is 1.77. The maximum absolute atomic E-state index is 12.8. The van der Waals surface area contributed by atoms with Crippen LogP contribution in [-0.4, -0.2) is 17.5 Å². The van der Waals surface area contributed by atoms with Crippen molar-refractivity contribution in [3.8, 4) is 0 Å². The van der Waals surface area contributed by atoms with Crippen molar-refractivity contribution in [2.24, 2.45) is 0 Å². The second-order valence-corrected chi connectivity index (χ2v) is 4.21. The van der Waals surface area contributed by atoms with E-state index in [0.717, 1.165) is 5.56 Å². The smallest absolute Gasteiger partial charge is 0.335 e. The third-order valence-corrected chi connectivity index (χ3v) is 2.84. The van der Waals surface area contributed by atoms with Crippen molar-refractivity contribution in [3.63, 3.8) is 0 Å². The standard InChI is InChI=1S/C15H12FNO3/c16-13-5-7-14(8-6-13)17(10-18)9-11-1-3-12(4-2-11)15(19)20/h1-8,10H,9H2,(H,19,20). The number of benzene rings is 2. The summed E-state index contributed by atoms with van der Waals surface area (Å²) in [6.07, 6.45) is 0.651. The predicted molar refractivity (Wildman–Crippen MR) is 72.0 cm³/mol. The van der Waals surface area contributed by atoms with Gasteiger partial charge >= 0.3 is 5.97 Å². The number of carboxylic acids is 1. The van der Waals surface area contributed by atoms with E-state index in [2.05, 4.69) is 0 Å². The molecule has 1 N–H and O–H groups in total. The molecular weight excluding hydrogens is 261 g/mol. The number of carboxylic acid groups (broad SMARTS) is 1. The van der Waals surface area contributed by atoms with Crippen molar-refractivity contribution in [3.05, 3.63) is 65.5 Å². The highest BCUT2D eigenvalue weighted by Crippen LogP contribution is 2.16. The summed E-state index contributed by atoms with van der Waals surface area (Å²) in [6, 6.07) is 11.8. The molecule has 20 heavy (non-hydrogen) atoms. The lowest BCUT2D eigenvalue weighted by Crippen LogP contribution is -2.20. The molecule has 0 aliphatic rings. The van der Waals surface area contributed by atoms with Crippen LogP contribution in [0.4, 0.5) is 10.1 Å². The molecule has 0 atom stereocenters. The first-order valence-corrected chi connectivity index (χ1v) is 5.90. The zero-order valence-corrected chi connectivity index (χ0v) is 10.5. The van der Waals surface area contributed by atoms with Gasteiger partial charge in [-0.05, 0) is 42.0 Å². The second kappa shape index (κ2) is 5.97. The first-order valence-electron chi connectivity index (χ1n) is 5.90. The Kier molecular flexibility index (Phi) is 4.10. The maximum Gasteiger partial charge on any atom is 0.335 e. The second-order valence-electron chi connectivity index (χ2n) is 4.21. The number of amides is 1. The molecular formula is C15H12FNO3. The van der Waals surface area contributed by atoms with Crippen LogP contribution in [0.3, 0.4) is 0 Å². The molecule has 0 saturated carbocycles. The van der Waals surface area contributed by atoms with E-state index in [-0.39, 0.29) is 17.9 Å². The number of anilines is 1. The zero-order chi connectivity index (χ0) is 14.5. The Morgan fingerprint density at radius 2 is 1.70 bits per heavy atom. The lowest BCUT2D eigenvalue weighted by atomic mass is 10.1. The topological polar surface area (TPSA) is 57.6 Å². The summed E-state index contributed by atoms with van der Waals surface area (Å²) < 4.78 is 12.8. The van der Waals surface area contributed by atoms with Gasteiger partial charge in [0, 0.05) is 5.69 Å². The van der Waals surface area contributed by atoms with Crippen LogP contribution < -0.4 is 4.90 Å². The van der Waals surface area contributed by atoms with E-state index >= 15 is 0 Å². The van der Waals surface area contributed by atoms with Crippen LogP contribution in [0.25, 0.3) is 0 Å². The molecule has 2 aromatic carbocycles. The molecule has 102 valence electrons. The summed E-state index contributed by atoms with van der Waals surface area (Å²) >= 11 is 0. The van der Waals surface area contributed by atoms with Gasteiger partial charge in [-0.2, -0.15) is 0 Å². The number of hydrogen-bond acceptors (Lipinski definition) is 2. The molecule has 0 aliphatic carbocycles. The number of hydrogen-bond donors (Lipinski definition) is 1. The Morgan fingerprint density at radius 1 is 1.10 bits per heavy atom. The SMILES string of the molecule is O=CN(Cc1ccc(C(=O)O)cc1)c1ccc(F)cc1. The van der Waals surface area contributed by atoms with Crippen LogP contribution >= 0.6 is 0 Å². The molecule has 5 heteroatoms. The van der Waals surface area contributed by atoms with Crippen LogP contribution in [0.15, 0.2) is 48.5 Å². The Labute approximate surface area is 115 Å². The number of carbonyl (C=O) groups excluding carboxylic acids is 1. The van der Waals surface area contributed by atoms with Crippen LogP contribution in [0.1, 0.15) is 15.9 Å². The molecule has 4 nitrogen and oxygen atoms in total. The fraction of sp³-hybridized carbons (Fsp3) is 0.0667. The minimum absolute atomic E-state index is 0.188. The lowest BCUT2D eigenvalue weighted by molar-refractivity contribution is -0.107. The normalized spacial score (nSPS) is 10.1. The quantitative estimate of drug-likeness (QED) is 0.852. The van der Waals surface area contributed by atoms with E-state index < -0.39 is 5.97 Å². The molecule has 2 rings (SSSR count). The van der Waals surface area contributed by atoms with Crippen molar-refractivity contribution in [1.82, 2.24) is 0 Å². The van der Waals surface area contributed by atoms with E-state index in [0.29, 0.717) is 12.1 Å². The van der Waals surface area contributed by atoms with Gasteiger partial charge in [-0.15, -0.1) is 0 Å². The fourth-order valence-corrected chi connectivity index (χ4v) is 1.77. The molecule has 0 aliphatic heterocycles. The van der Waals surface area contributed by atoms with Crippen molar-refractivity contribution < 1.29 is 19.1 Å². The highest BCUT2D eigenvalue weighted by atomic mass is 19.1. The summed E-state index contributed by atoms with van der Waals surface area (Å²) in [7, 11) is 0. The van der Waals surface area contributed by atoms with E-state index in [1.807, 2.05) is 0 Å². The minimum Gasteiger partial charge on any atom is -0.478 e. The van der Waals surface area contributed by atoms with Crippen molar-refractivity contribution in [1.29, 1.82) is 0 Å².